The van der Waals surface area contributed by atoms with E-state index < -0.39 is 5.41 Å². The highest BCUT2D eigenvalue weighted by Gasteiger charge is 2.52. The van der Waals surface area contributed by atoms with Crippen LogP contribution in [-0.4, -0.2) is 0 Å². The van der Waals surface area contributed by atoms with Gasteiger partial charge in [0.15, 0.2) is 0 Å². The molecule has 10 aromatic carbocycles. The summed E-state index contributed by atoms with van der Waals surface area (Å²) in [6.07, 6.45) is 0. The van der Waals surface area contributed by atoms with Crippen molar-refractivity contribution in [3.8, 4) is 33.4 Å². The molecule has 0 N–H and O–H groups in total. The number of nitrogens with zero attached hydrogens (tertiary/aromatic N) is 2. The Kier molecular flexibility index (Phi) is 8.15. The van der Waals surface area contributed by atoms with Crippen LogP contribution in [0.4, 0.5) is 34.1 Å². The van der Waals surface area contributed by atoms with E-state index in [1.165, 1.54) is 92.6 Å². The Labute approximate surface area is 395 Å². The van der Waals surface area contributed by atoms with Crippen LogP contribution in [0.25, 0.3) is 53.6 Å². The SMILES string of the molecule is CC1(C)c2ccccc2-c2ccc(N(c3ccc4c(c3)C3(c5ccccc5-c5ccc(N(c6ccccc6)c6ccccc6)cc53)c3ccccc3-4)c3cccc4sc5ccccc5c34)cc21. The summed E-state index contributed by atoms with van der Waals surface area (Å²) in [5.74, 6) is 0. The van der Waals surface area contributed by atoms with Gasteiger partial charge in [0.25, 0.3) is 0 Å². The second-order valence-electron chi connectivity index (χ2n) is 18.8. The van der Waals surface area contributed by atoms with Crippen LogP contribution in [0.2, 0.25) is 0 Å². The molecule has 1 atom stereocenters. The van der Waals surface area contributed by atoms with Crippen molar-refractivity contribution in [1.29, 1.82) is 0 Å². The summed E-state index contributed by atoms with van der Waals surface area (Å²) >= 11 is 1.88. The molecule has 0 aliphatic heterocycles. The van der Waals surface area contributed by atoms with Gasteiger partial charge in [-0.1, -0.05) is 166 Å². The molecule has 14 rings (SSSR count). The maximum atomic E-state index is 2.56. The fourth-order valence-electron chi connectivity index (χ4n) is 12.2. The zero-order chi connectivity index (χ0) is 44.4. The van der Waals surface area contributed by atoms with Crippen LogP contribution in [0.5, 0.6) is 0 Å². The lowest BCUT2D eigenvalue weighted by Gasteiger charge is -2.33. The Morgan fingerprint density at radius 3 is 1.34 bits per heavy atom. The molecular weight excluding hydrogens is 829 g/mol. The first kappa shape index (κ1) is 38.3. The molecule has 1 aromatic heterocycles. The van der Waals surface area contributed by atoms with Gasteiger partial charge in [0, 0.05) is 54.0 Å². The van der Waals surface area contributed by atoms with E-state index in [1.54, 1.807) is 0 Å². The number of thiophene rings is 1. The fraction of sp³-hybridized carbons (Fsp3) is 0.0625. The standard InChI is InChI=1S/C64H44N2S/c1-63(2)53-26-13-9-22-46(53)49-35-33-44(38-56(49)63)66(59-29-17-31-61-62(59)52-25-12-16-30-60(52)67-61)45-34-37-51-48-24-11-15-28-55(48)64(58(51)40-45)54-27-14-10-23-47(54)50-36-32-43(39-57(50)64)65(41-18-5-3-6-19-41)42-20-7-4-8-21-42/h3-40H,1-2H3. The topological polar surface area (TPSA) is 6.48 Å². The van der Waals surface area contributed by atoms with Gasteiger partial charge in [-0.3, -0.25) is 0 Å². The largest absolute Gasteiger partial charge is 0.310 e. The predicted octanol–water partition coefficient (Wildman–Crippen LogP) is 17.6. The quantitative estimate of drug-likeness (QED) is 0.164. The third kappa shape index (κ3) is 5.32. The fourth-order valence-corrected chi connectivity index (χ4v) is 13.3. The van der Waals surface area contributed by atoms with Gasteiger partial charge in [-0.2, -0.15) is 0 Å². The summed E-state index contributed by atoms with van der Waals surface area (Å²) < 4.78 is 2.59. The summed E-state index contributed by atoms with van der Waals surface area (Å²) in [5, 5.41) is 2.57. The maximum Gasteiger partial charge on any atom is 0.0727 e. The first-order valence-corrected chi connectivity index (χ1v) is 24.2. The lowest BCUT2D eigenvalue weighted by Crippen LogP contribution is -2.26. The van der Waals surface area contributed by atoms with Crippen LogP contribution < -0.4 is 9.80 Å². The highest BCUT2D eigenvalue weighted by atomic mass is 32.1. The number of hydrogen-bond donors (Lipinski definition) is 0. The number of anilines is 6. The van der Waals surface area contributed by atoms with E-state index in [0.717, 1.165) is 28.4 Å². The van der Waals surface area contributed by atoms with E-state index in [4.69, 9.17) is 0 Å². The minimum atomic E-state index is -0.572. The summed E-state index contributed by atoms with van der Waals surface area (Å²) in [4.78, 5) is 4.96. The molecule has 67 heavy (non-hydrogen) atoms. The van der Waals surface area contributed by atoms with Crippen molar-refractivity contribution in [1.82, 2.24) is 0 Å². The molecule has 2 nitrogen and oxygen atoms in total. The van der Waals surface area contributed by atoms with E-state index in [9.17, 15) is 0 Å². The lowest BCUT2D eigenvalue weighted by molar-refractivity contribution is 0.660. The van der Waals surface area contributed by atoms with Crippen molar-refractivity contribution in [2.24, 2.45) is 0 Å². The Bertz CT molecular complexity index is 3760. The zero-order valence-corrected chi connectivity index (χ0v) is 38.1. The van der Waals surface area contributed by atoms with Gasteiger partial charge in [-0.15, -0.1) is 11.3 Å². The molecule has 0 bridgehead atoms. The van der Waals surface area contributed by atoms with E-state index in [0.29, 0.717) is 0 Å². The molecule has 316 valence electrons. The van der Waals surface area contributed by atoms with E-state index in [1.807, 2.05) is 11.3 Å². The van der Waals surface area contributed by atoms with Gasteiger partial charge in [0.2, 0.25) is 0 Å². The van der Waals surface area contributed by atoms with Gasteiger partial charge in [0.1, 0.15) is 0 Å². The molecule has 1 heterocycles. The molecule has 0 saturated carbocycles. The summed E-state index contributed by atoms with van der Waals surface area (Å²) in [6.45, 7) is 4.77. The van der Waals surface area contributed by atoms with E-state index in [-0.39, 0.29) is 5.41 Å². The number of rotatable bonds is 6. The number of para-hydroxylation sites is 2. The van der Waals surface area contributed by atoms with Crippen LogP contribution in [0.3, 0.4) is 0 Å². The van der Waals surface area contributed by atoms with Gasteiger partial charge < -0.3 is 9.80 Å². The molecule has 1 unspecified atom stereocenters. The molecule has 11 aromatic rings. The predicted molar refractivity (Wildman–Crippen MR) is 283 cm³/mol. The molecule has 0 fully saturated rings. The van der Waals surface area contributed by atoms with Crippen molar-refractivity contribution in [2.45, 2.75) is 24.7 Å². The summed E-state index contributed by atoms with van der Waals surface area (Å²) in [5.41, 5.74) is 21.9. The normalized spacial score (nSPS) is 15.5. The Morgan fingerprint density at radius 2 is 0.746 bits per heavy atom. The Balaban J connectivity index is 1.04. The third-order valence-corrected chi connectivity index (χ3v) is 16.2. The first-order chi connectivity index (χ1) is 33.0. The number of hydrogen-bond acceptors (Lipinski definition) is 3. The van der Waals surface area contributed by atoms with Crippen molar-refractivity contribution in [2.75, 3.05) is 9.80 Å². The van der Waals surface area contributed by atoms with Crippen LogP contribution in [0.1, 0.15) is 47.2 Å². The summed E-state index contributed by atoms with van der Waals surface area (Å²) in [7, 11) is 0. The zero-order valence-electron chi connectivity index (χ0n) is 37.2. The van der Waals surface area contributed by atoms with Crippen molar-refractivity contribution < 1.29 is 0 Å². The third-order valence-electron chi connectivity index (χ3n) is 15.0. The average Bonchev–Trinajstić information content (AvgIpc) is 4.07. The van der Waals surface area contributed by atoms with Crippen LogP contribution in [0, 0.1) is 0 Å². The smallest absolute Gasteiger partial charge is 0.0727 e. The van der Waals surface area contributed by atoms with Crippen molar-refractivity contribution in [3.63, 3.8) is 0 Å². The molecule has 0 amide bonds. The molecule has 0 radical (unpaired) electrons. The minimum absolute atomic E-state index is 0.152. The highest BCUT2D eigenvalue weighted by molar-refractivity contribution is 7.26. The monoisotopic (exact) mass is 872 g/mol. The molecule has 3 heteroatoms. The lowest BCUT2D eigenvalue weighted by atomic mass is 9.70. The Hall–Kier alpha value is -7.98. The van der Waals surface area contributed by atoms with E-state index >= 15 is 0 Å². The average molecular weight is 873 g/mol. The van der Waals surface area contributed by atoms with Crippen LogP contribution in [0.15, 0.2) is 231 Å². The van der Waals surface area contributed by atoms with Gasteiger partial charge >= 0.3 is 0 Å². The van der Waals surface area contributed by atoms with E-state index in [2.05, 4.69) is 254 Å². The first-order valence-electron chi connectivity index (χ1n) is 23.3. The minimum Gasteiger partial charge on any atom is -0.310 e. The van der Waals surface area contributed by atoms with Gasteiger partial charge in [-0.25, -0.2) is 0 Å². The molecular formula is C64H44N2S. The summed E-state index contributed by atoms with van der Waals surface area (Å²) in [6, 6.07) is 86.3. The maximum absolute atomic E-state index is 2.56. The van der Waals surface area contributed by atoms with Crippen molar-refractivity contribution >= 4 is 65.6 Å². The van der Waals surface area contributed by atoms with Crippen molar-refractivity contribution in [3.05, 3.63) is 264 Å². The number of fused-ring (bicyclic) bond motifs is 16. The second kappa shape index (κ2) is 14.3. The van der Waals surface area contributed by atoms with Gasteiger partial charge in [0.05, 0.1) is 11.1 Å². The second-order valence-corrected chi connectivity index (χ2v) is 19.9. The molecule has 0 saturated heterocycles. The van der Waals surface area contributed by atoms with Gasteiger partial charge in [-0.05, 0) is 146 Å². The molecule has 3 aliphatic rings. The van der Waals surface area contributed by atoms with Crippen LogP contribution in [-0.2, 0) is 10.8 Å². The Morgan fingerprint density at radius 1 is 0.313 bits per heavy atom. The molecule has 3 aliphatic carbocycles. The van der Waals surface area contributed by atoms with Crippen LogP contribution >= 0.6 is 11.3 Å². The highest BCUT2D eigenvalue weighted by Crippen LogP contribution is 2.64. The molecule has 1 spiro atoms. The number of benzene rings is 10.